The first-order chi connectivity index (χ1) is 16.2. The molecule has 0 aliphatic carbocycles. The van der Waals surface area contributed by atoms with Gasteiger partial charge in [-0.2, -0.15) is 0 Å². The fraction of sp³-hybridized carbons (Fsp3) is 0.321. The summed E-state index contributed by atoms with van der Waals surface area (Å²) in [5.74, 6) is -0.294. The maximum absolute atomic E-state index is 12.0. The number of benzene rings is 3. The first-order valence-electron chi connectivity index (χ1n) is 11.3. The molecule has 0 N–H and O–H groups in total. The van der Waals surface area contributed by atoms with Crippen LogP contribution in [0.25, 0.3) is 0 Å². The molecule has 5 heteroatoms. The van der Waals surface area contributed by atoms with Crippen molar-refractivity contribution in [3.8, 4) is 0 Å². The van der Waals surface area contributed by atoms with E-state index in [0.717, 1.165) is 16.7 Å². The molecule has 1 fully saturated rings. The van der Waals surface area contributed by atoms with E-state index in [4.69, 9.17) is 18.9 Å². The van der Waals surface area contributed by atoms with E-state index >= 15 is 0 Å². The molecule has 5 nitrogen and oxygen atoms in total. The molecule has 0 radical (unpaired) electrons. The van der Waals surface area contributed by atoms with Crippen molar-refractivity contribution in [3.05, 3.63) is 108 Å². The third-order valence-electron chi connectivity index (χ3n) is 5.84. The molecule has 1 aliphatic heterocycles. The minimum Gasteiger partial charge on any atom is -0.469 e. The molecule has 1 saturated heterocycles. The summed E-state index contributed by atoms with van der Waals surface area (Å²) in [6, 6.07) is 30.1. The lowest BCUT2D eigenvalue weighted by Gasteiger charge is -2.41. The van der Waals surface area contributed by atoms with Gasteiger partial charge in [-0.1, -0.05) is 91.0 Å². The molecule has 0 spiro atoms. The maximum atomic E-state index is 12.0. The summed E-state index contributed by atoms with van der Waals surface area (Å²) in [7, 11) is 1.40. The number of carbonyl (C=O) groups is 1. The van der Waals surface area contributed by atoms with Gasteiger partial charge in [0, 0.05) is 6.42 Å². The Bertz CT molecular complexity index is 977. The second-order valence-corrected chi connectivity index (χ2v) is 8.20. The van der Waals surface area contributed by atoms with Crippen LogP contribution in [0, 0.1) is 0 Å². The lowest BCUT2D eigenvalue weighted by Crippen LogP contribution is -2.47. The summed E-state index contributed by atoms with van der Waals surface area (Å²) in [6.07, 6.45) is -0.534. The molecule has 0 aromatic heterocycles. The van der Waals surface area contributed by atoms with E-state index in [-0.39, 0.29) is 36.8 Å². The lowest BCUT2D eigenvalue weighted by atomic mass is 9.91. The van der Waals surface area contributed by atoms with Crippen molar-refractivity contribution >= 4 is 5.97 Å². The van der Waals surface area contributed by atoms with Gasteiger partial charge in [0.2, 0.25) is 0 Å². The molecule has 3 aromatic rings. The Labute approximate surface area is 195 Å². The zero-order valence-electron chi connectivity index (χ0n) is 18.8. The maximum Gasteiger partial charge on any atom is 0.308 e. The molecular weight excluding hydrogens is 416 g/mol. The van der Waals surface area contributed by atoms with E-state index in [0.29, 0.717) is 19.6 Å². The smallest absolute Gasteiger partial charge is 0.308 e. The zero-order chi connectivity index (χ0) is 22.9. The van der Waals surface area contributed by atoms with Crippen molar-refractivity contribution in [1.82, 2.24) is 0 Å². The van der Waals surface area contributed by atoms with E-state index in [1.165, 1.54) is 7.11 Å². The topological polar surface area (TPSA) is 54.0 Å². The molecule has 1 heterocycles. The second kappa shape index (κ2) is 11.8. The second-order valence-electron chi connectivity index (χ2n) is 8.20. The molecule has 0 amide bonds. The Balaban J connectivity index is 1.58. The van der Waals surface area contributed by atoms with Crippen molar-refractivity contribution in [2.75, 3.05) is 7.11 Å². The molecule has 4 rings (SSSR count). The fourth-order valence-electron chi connectivity index (χ4n) is 4.14. The number of methoxy groups -OCH3 is 1. The average molecular weight is 447 g/mol. The van der Waals surface area contributed by atoms with Crippen LogP contribution < -0.4 is 0 Å². The van der Waals surface area contributed by atoms with Crippen LogP contribution in [0.1, 0.15) is 35.6 Å². The van der Waals surface area contributed by atoms with E-state index in [9.17, 15) is 4.79 Å². The molecule has 0 unspecified atom stereocenters. The SMILES string of the molecule is COC(=O)C[C@H]1C[C@H](OCc2ccccc2)[C@H](OCc2ccccc2)[C@@H](c2ccccc2)O1. The molecule has 3 aromatic carbocycles. The van der Waals surface area contributed by atoms with Gasteiger partial charge in [-0.25, -0.2) is 0 Å². The van der Waals surface area contributed by atoms with Crippen LogP contribution in [0.2, 0.25) is 0 Å². The van der Waals surface area contributed by atoms with E-state index < -0.39 is 0 Å². The predicted molar refractivity (Wildman–Crippen MR) is 125 cm³/mol. The molecule has 1 aliphatic rings. The van der Waals surface area contributed by atoms with E-state index in [1.807, 2.05) is 91.0 Å². The Morgan fingerprint density at radius 2 is 1.36 bits per heavy atom. The summed E-state index contributed by atoms with van der Waals surface area (Å²) >= 11 is 0. The van der Waals surface area contributed by atoms with Crippen LogP contribution in [0.5, 0.6) is 0 Å². The van der Waals surface area contributed by atoms with Gasteiger partial charge in [-0.3, -0.25) is 4.79 Å². The van der Waals surface area contributed by atoms with Gasteiger partial charge in [0.15, 0.2) is 0 Å². The predicted octanol–water partition coefficient (Wildman–Crippen LogP) is 5.25. The number of hydrogen-bond acceptors (Lipinski definition) is 5. The van der Waals surface area contributed by atoms with Crippen LogP contribution in [0.4, 0.5) is 0 Å². The standard InChI is InChI=1S/C28H30O5/c1-30-26(29)18-24-17-25(31-19-21-11-5-2-6-12-21)28(32-20-22-13-7-3-8-14-22)27(33-24)23-15-9-4-10-16-23/h2-16,24-25,27-28H,17-20H2,1H3/t24-,25+,27-,28+/m1/s1. The molecule has 0 saturated carbocycles. The summed E-state index contributed by atoms with van der Waals surface area (Å²) in [4.78, 5) is 12.0. The van der Waals surface area contributed by atoms with E-state index in [2.05, 4.69) is 0 Å². The Hall–Kier alpha value is -2.99. The first kappa shape index (κ1) is 23.2. The summed E-state index contributed by atoms with van der Waals surface area (Å²) in [5, 5.41) is 0. The van der Waals surface area contributed by atoms with Crippen LogP contribution in [-0.4, -0.2) is 31.4 Å². The third kappa shape index (κ3) is 6.51. The molecule has 0 bridgehead atoms. The highest BCUT2D eigenvalue weighted by Gasteiger charge is 2.41. The van der Waals surface area contributed by atoms with Gasteiger partial charge >= 0.3 is 5.97 Å². The summed E-state index contributed by atoms with van der Waals surface area (Å²) in [6.45, 7) is 0.911. The number of carbonyl (C=O) groups excluding carboxylic acids is 1. The van der Waals surface area contributed by atoms with Crippen LogP contribution >= 0.6 is 0 Å². The zero-order valence-corrected chi connectivity index (χ0v) is 18.8. The largest absolute Gasteiger partial charge is 0.469 e. The van der Waals surface area contributed by atoms with Gasteiger partial charge in [-0.05, 0) is 16.7 Å². The molecular formula is C28H30O5. The van der Waals surface area contributed by atoms with E-state index in [1.54, 1.807) is 0 Å². The summed E-state index contributed by atoms with van der Waals surface area (Å²) < 4.78 is 24.2. The lowest BCUT2D eigenvalue weighted by molar-refractivity contribution is -0.213. The van der Waals surface area contributed by atoms with Crippen molar-refractivity contribution in [2.24, 2.45) is 0 Å². The third-order valence-corrected chi connectivity index (χ3v) is 5.84. The van der Waals surface area contributed by atoms with Crippen LogP contribution in [0.3, 0.4) is 0 Å². The molecule has 33 heavy (non-hydrogen) atoms. The van der Waals surface area contributed by atoms with Crippen LogP contribution in [0.15, 0.2) is 91.0 Å². The van der Waals surface area contributed by atoms with Gasteiger partial charge in [0.1, 0.15) is 12.2 Å². The number of rotatable bonds is 9. The molecule has 172 valence electrons. The van der Waals surface area contributed by atoms with Gasteiger partial charge in [0.25, 0.3) is 0 Å². The normalized spacial score (nSPS) is 22.6. The van der Waals surface area contributed by atoms with Crippen molar-refractivity contribution in [3.63, 3.8) is 0 Å². The van der Waals surface area contributed by atoms with Crippen molar-refractivity contribution < 1.29 is 23.7 Å². The number of esters is 1. The first-order valence-corrected chi connectivity index (χ1v) is 11.3. The fourth-order valence-corrected chi connectivity index (χ4v) is 4.14. The highest BCUT2D eigenvalue weighted by molar-refractivity contribution is 5.69. The van der Waals surface area contributed by atoms with Crippen LogP contribution in [-0.2, 0) is 37.0 Å². The Morgan fingerprint density at radius 3 is 1.94 bits per heavy atom. The van der Waals surface area contributed by atoms with Gasteiger partial charge in [0.05, 0.1) is 39.0 Å². The van der Waals surface area contributed by atoms with Crippen molar-refractivity contribution in [1.29, 1.82) is 0 Å². The van der Waals surface area contributed by atoms with Gasteiger partial charge < -0.3 is 18.9 Å². The molecule has 4 atom stereocenters. The number of ether oxygens (including phenoxy) is 4. The monoisotopic (exact) mass is 446 g/mol. The van der Waals surface area contributed by atoms with Crippen molar-refractivity contribution in [2.45, 2.75) is 50.5 Å². The minimum atomic E-state index is -0.362. The quantitative estimate of drug-likeness (QED) is 0.420. The minimum absolute atomic E-state index is 0.177. The summed E-state index contributed by atoms with van der Waals surface area (Å²) in [5.41, 5.74) is 3.17. The average Bonchev–Trinajstić information content (AvgIpc) is 2.88. The highest BCUT2D eigenvalue weighted by Crippen LogP contribution is 2.37. The van der Waals surface area contributed by atoms with Gasteiger partial charge in [-0.15, -0.1) is 0 Å². The Kier molecular flexibility index (Phi) is 8.25. The highest BCUT2D eigenvalue weighted by atomic mass is 16.6. The Morgan fingerprint density at radius 1 is 0.818 bits per heavy atom. The number of hydrogen-bond donors (Lipinski definition) is 0.